The van der Waals surface area contributed by atoms with E-state index in [2.05, 4.69) is 17.9 Å². The first-order valence-corrected chi connectivity index (χ1v) is 5.21. The number of Topliss-reactive ketones (excluding diaryl/α,β-unsaturated/α-hetero) is 1. The molecule has 16 heavy (non-hydrogen) atoms. The van der Waals surface area contributed by atoms with Gasteiger partial charge >= 0.3 is 0 Å². The van der Waals surface area contributed by atoms with Gasteiger partial charge in [-0.05, 0) is 19.4 Å². The molecule has 0 fully saturated rings. The Morgan fingerprint density at radius 1 is 1.31 bits per heavy atom. The minimum atomic E-state index is 0.0296. The van der Waals surface area contributed by atoms with Gasteiger partial charge in [0.15, 0.2) is 5.78 Å². The van der Waals surface area contributed by atoms with Crippen LogP contribution in [0, 0.1) is 23.2 Å². The topological polar surface area (TPSA) is 40.9 Å². The zero-order valence-electron chi connectivity index (χ0n) is 9.29. The van der Waals surface area contributed by atoms with Crippen molar-refractivity contribution >= 4 is 5.78 Å². The molecule has 80 valence electrons. The SMILES string of the molecule is CC(=O)c1ccccc1C#CCCCC#N. The third kappa shape index (κ3) is 3.59. The molecule has 1 aromatic carbocycles. The quantitative estimate of drug-likeness (QED) is 0.438. The molecular weight excluding hydrogens is 198 g/mol. The molecule has 1 rings (SSSR count). The minimum absolute atomic E-state index is 0.0296. The maximum absolute atomic E-state index is 11.3. The molecule has 0 aliphatic carbocycles. The van der Waals surface area contributed by atoms with Crippen molar-refractivity contribution in [1.29, 1.82) is 5.26 Å². The second-order valence-electron chi connectivity index (χ2n) is 3.42. The van der Waals surface area contributed by atoms with Crippen LogP contribution in [0.1, 0.15) is 42.1 Å². The largest absolute Gasteiger partial charge is 0.294 e. The van der Waals surface area contributed by atoms with E-state index in [0.717, 1.165) is 12.0 Å². The maximum Gasteiger partial charge on any atom is 0.161 e. The standard InChI is InChI=1S/C14H13NO/c1-12(16)14-10-6-5-9-13(14)8-4-2-3-7-11-15/h5-6,9-10H,2-3,7H2,1H3. The van der Waals surface area contributed by atoms with Crippen molar-refractivity contribution in [3.63, 3.8) is 0 Å². The second kappa shape index (κ2) is 6.43. The van der Waals surface area contributed by atoms with Gasteiger partial charge < -0.3 is 0 Å². The number of hydrogen-bond acceptors (Lipinski definition) is 2. The van der Waals surface area contributed by atoms with E-state index in [1.807, 2.05) is 18.2 Å². The van der Waals surface area contributed by atoms with Crippen molar-refractivity contribution in [1.82, 2.24) is 0 Å². The smallest absolute Gasteiger partial charge is 0.161 e. The summed E-state index contributed by atoms with van der Waals surface area (Å²) in [4.78, 5) is 11.3. The average Bonchev–Trinajstić information content (AvgIpc) is 2.29. The number of nitrogens with zero attached hydrogens (tertiary/aromatic N) is 1. The monoisotopic (exact) mass is 211 g/mol. The first-order chi connectivity index (χ1) is 7.75. The van der Waals surface area contributed by atoms with E-state index in [-0.39, 0.29) is 5.78 Å². The number of carbonyl (C=O) groups is 1. The number of hydrogen-bond donors (Lipinski definition) is 0. The molecule has 0 aromatic heterocycles. The molecule has 0 N–H and O–H groups in total. The Balaban J connectivity index is 2.73. The Morgan fingerprint density at radius 2 is 2.06 bits per heavy atom. The van der Waals surface area contributed by atoms with Gasteiger partial charge in [0.2, 0.25) is 0 Å². The molecule has 0 heterocycles. The van der Waals surface area contributed by atoms with Crippen LogP contribution in [0.5, 0.6) is 0 Å². The van der Waals surface area contributed by atoms with Crippen molar-refractivity contribution in [3.05, 3.63) is 35.4 Å². The normalized spacial score (nSPS) is 8.75. The van der Waals surface area contributed by atoms with Crippen LogP contribution in [0.15, 0.2) is 24.3 Å². The van der Waals surface area contributed by atoms with E-state index in [1.54, 1.807) is 6.07 Å². The van der Waals surface area contributed by atoms with Crippen LogP contribution in [0.2, 0.25) is 0 Å². The molecule has 2 heteroatoms. The predicted octanol–water partition coefficient (Wildman–Crippen LogP) is 2.93. The summed E-state index contributed by atoms with van der Waals surface area (Å²) in [6.45, 7) is 1.54. The van der Waals surface area contributed by atoms with Crippen LogP contribution in [-0.4, -0.2) is 5.78 Å². The first-order valence-electron chi connectivity index (χ1n) is 5.21. The molecule has 0 saturated carbocycles. The van der Waals surface area contributed by atoms with Gasteiger partial charge in [-0.25, -0.2) is 0 Å². The van der Waals surface area contributed by atoms with Crippen LogP contribution in [-0.2, 0) is 0 Å². The van der Waals surface area contributed by atoms with Gasteiger partial charge in [0.05, 0.1) is 6.07 Å². The third-order valence-electron chi connectivity index (χ3n) is 2.12. The number of rotatable bonds is 3. The first kappa shape index (κ1) is 12.0. The summed E-state index contributed by atoms with van der Waals surface area (Å²) in [7, 11) is 0. The molecule has 0 aliphatic rings. The number of nitriles is 1. The van der Waals surface area contributed by atoms with E-state index in [0.29, 0.717) is 18.4 Å². The van der Waals surface area contributed by atoms with E-state index in [1.165, 1.54) is 6.92 Å². The van der Waals surface area contributed by atoms with Gasteiger partial charge in [-0.1, -0.05) is 30.0 Å². The molecule has 0 spiro atoms. The maximum atomic E-state index is 11.3. The minimum Gasteiger partial charge on any atom is -0.294 e. The van der Waals surface area contributed by atoms with Crippen LogP contribution >= 0.6 is 0 Å². The Labute approximate surface area is 95.9 Å². The van der Waals surface area contributed by atoms with Crippen molar-refractivity contribution in [2.24, 2.45) is 0 Å². The van der Waals surface area contributed by atoms with E-state index >= 15 is 0 Å². The summed E-state index contributed by atoms with van der Waals surface area (Å²) in [5.74, 6) is 5.98. The fraction of sp³-hybridized carbons (Fsp3) is 0.286. The molecule has 1 aromatic rings. The Hall–Kier alpha value is -2.06. The van der Waals surface area contributed by atoms with Gasteiger partial charge in [0.1, 0.15) is 0 Å². The third-order valence-corrected chi connectivity index (χ3v) is 2.12. The summed E-state index contributed by atoms with van der Waals surface area (Å²) in [5, 5.41) is 8.36. The highest BCUT2D eigenvalue weighted by Crippen LogP contribution is 2.07. The number of ketones is 1. The Morgan fingerprint density at radius 3 is 2.75 bits per heavy atom. The molecule has 0 radical (unpaired) electrons. The lowest BCUT2D eigenvalue weighted by molar-refractivity contribution is 0.101. The lowest BCUT2D eigenvalue weighted by atomic mass is 10.0. The summed E-state index contributed by atoms with van der Waals surface area (Å²) in [6.07, 6.45) is 2.01. The second-order valence-corrected chi connectivity index (χ2v) is 3.42. The van der Waals surface area contributed by atoms with Crippen molar-refractivity contribution < 1.29 is 4.79 Å². The lowest BCUT2D eigenvalue weighted by Gasteiger charge is -1.98. The van der Waals surface area contributed by atoms with Gasteiger partial charge in [0.25, 0.3) is 0 Å². The molecule has 0 saturated heterocycles. The van der Waals surface area contributed by atoms with Gasteiger partial charge in [-0.2, -0.15) is 5.26 Å². The fourth-order valence-electron chi connectivity index (χ4n) is 1.31. The van der Waals surface area contributed by atoms with Crippen molar-refractivity contribution in [2.45, 2.75) is 26.2 Å². The molecule has 0 aliphatic heterocycles. The van der Waals surface area contributed by atoms with Crippen molar-refractivity contribution in [2.75, 3.05) is 0 Å². The van der Waals surface area contributed by atoms with Crippen LogP contribution in [0.3, 0.4) is 0 Å². The fourth-order valence-corrected chi connectivity index (χ4v) is 1.31. The number of benzene rings is 1. The van der Waals surface area contributed by atoms with Crippen molar-refractivity contribution in [3.8, 4) is 17.9 Å². The zero-order chi connectivity index (χ0) is 11.8. The molecule has 0 amide bonds. The number of unbranched alkanes of at least 4 members (excludes halogenated alkanes) is 2. The average molecular weight is 211 g/mol. The van der Waals surface area contributed by atoms with E-state index in [9.17, 15) is 4.79 Å². The van der Waals surface area contributed by atoms with Gasteiger partial charge in [0, 0.05) is 24.0 Å². The molecule has 0 unspecified atom stereocenters. The van der Waals surface area contributed by atoms with E-state index in [4.69, 9.17) is 5.26 Å². The van der Waals surface area contributed by atoms with E-state index < -0.39 is 0 Å². The van der Waals surface area contributed by atoms with Crippen LogP contribution in [0.4, 0.5) is 0 Å². The van der Waals surface area contributed by atoms with Gasteiger partial charge in [-0.3, -0.25) is 4.79 Å². The molecule has 2 nitrogen and oxygen atoms in total. The summed E-state index contributed by atoms with van der Waals surface area (Å²) < 4.78 is 0. The summed E-state index contributed by atoms with van der Waals surface area (Å²) >= 11 is 0. The van der Waals surface area contributed by atoms with Gasteiger partial charge in [-0.15, -0.1) is 0 Å². The molecule has 0 bridgehead atoms. The molecule has 0 atom stereocenters. The highest BCUT2D eigenvalue weighted by atomic mass is 16.1. The summed E-state index contributed by atoms with van der Waals surface area (Å²) in [5.41, 5.74) is 1.43. The number of carbonyl (C=O) groups excluding carboxylic acids is 1. The van der Waals surface area contributed by atoms with Crippen LogP contribution < -0.4 is 0 Å². The highest BCUT2D eigenvalue weighted by molar-refractivity contribution is 5.96. The summed E-state index contributed by atoms with van der Waals surface area (Å²) in [6, 6.07) is 9.39. The highest BCUT2D eigenvalue weighted by Gasteiger charge is 2.02. The zero-order valence-corrected chi connectivity index (χ0v) is 9.29. The Bertz CT molecular complexity index is 471. The predicted molar refractivity (Wildman–Crippen MR) is 62.8 cm³/mol. The van der Waals surface area contributed by atoms with Crippen LogP contribution in [0.25, 0.3) is 0 Å². The molecular formula is C14H13NO. The Kier molecular flexibility index (Phi) is 4.83. The lowest BCUT2D eigenvalue weighted by Crippen LogP contribution is -1.95.